The molecule has 0 amide bonds. The number of amidine groups is 1. The highest BCUT2D eigenvalue weighted by Crippen LogP contribution is 2.48. The molecule has 0 aliphatic heterocycles. The second kappa shape index (κ2) is 7.91. The summed E-state index contributed by atoms with van der Waals surface area (Å²) < 4.78 is 39.6. The van der Waals surface area contributed by atoms with Crippen LogP contribution < -0.4 is 4.90 Å². The monoisotopic (exact) mass is 432 g/mol. The topological polar surface area (TPSA) is 122 Å². The van der Waals surface area contributed by atoms with Crippen molar-refractivity contribution in [1.29, 1.82) is 0 Å². The number of alkyl halides is 3. The van der Waals surface area contributed by atoms with E-state index in [9.17, 15) is 38.6 Å². The van der Waals surface area contributed by atoms with Crippen molar-refractivity contribution >= 4 is 34.5 Å². The Kier molecular flexibility index (Phi) is 5.97. The summed E-state index contributed by atoms with van der Waals surface area (Å²) in [6, 6.07) is 6.24. The molecule has 1 N–H and O–H groups in total. The number of hydrogen-bond acceptors (Lipinski definition) is 6. The molecule has 0 heterocycles. The minimum atomic E-state index is -5.17. The Morgan fingerprint density at radius 2 is 1.72 bits per heavy atom. The van der Waals surface area contributed by atoms with Gasteiger partial charge in [0.05, 0.1) is 15.4 Å². The molecule has 0 atom stereocenters. The molecule has 9 nitrogen and oxygen atoms in total. The molecule has 0 bridgehead atoms. The fraction of sp³-hybridized carbons (Fsp3) is 0.188. The summed E-state index contributed by atoms with van der Waals surface area (Å²) in [7, 11) is 1.06. The third kappa shape index (κ3) is 4.21. The first-order valence-electron chi connectivity index (χ1n) is 7.65. The van der Waals surface area contributed by atoms with Crippen LogP contribution in [0.1, 0.15) is 16.7 Å². The van der Waals surface area contributed by atoms with E-state index in [1.165, 1.54) is 12.1 Å². The predicted molar refractivity (Wildman–Crippen MR) is 97.7 cm³/mol. The van der Waals surface area contributed by atoms with Gasteiger partial charge in [-0.3, -0.25) is 20.2 Å². The van der Waals surface area contributed by atoms with Crippen LogP contribution in [0, 0.1) is 27.2 Å². The molecule has 0 fully saturated rings. The van der Waals surface area contributed by atoms with Gasteiger partial charge in [-0.1, -0.05) is 46.6 Å². The Morgan fingerprint density at radius 3 is 2.14 bits per heavy atom. The number of benzene rings is 2. The zero-order valence-corrected chi connectivity index (χ0v) is 15.5. The lowest BCUT2D eigenvalue weighted by Gasteiger charge is -2.21. The standard InChI is InChI=1S/C16H12ClF3N4O5/c1-8-3-5-9(6-4-8)15(21-25)22(2)13-11(23(26)27)7-10(16(18,19)20)12(17)14(13)24(28)29/h3-7,25H,1-2H3. The van der Waals surface area contributed by atoms with E-state index in [0.29, 0.717) is 0 Å². The zero-order chi connectivity index (χ0) is 22.1. The smallest absolute Gasteiger partial charge is 0.409 e. The first kappa shape index (κ1) is 21.9. The maximum Gasteiger partial charge on any atom is 0.418 e. The molecule has 0 aromatic heterocycles. The van der Waals surface area contributed by atoms with Crippen molar-refractivity contribution in [3.8, 4) is 0 Å². The van der Waals surface area contributed by atoms with E-state index < -0.39 is 43.7 Å². The van der Waals surface area contributed by atoms with Gasteiger partial charge in [-0.25, -0.2) is 0 Å². The average molecular weight is 433 g/mol. The van der Waals surface area contributed by atoms with Crippen LogP contribution in [-0.2, 0) is 6.18 Å². The van der Waals surface area contributed by atoms with Gasteiger partial charge in [-0.05, 0) is 6.92 Å². The normalized spacial score (nSPS) is 12.0. The summed E-state index contributed by atoms with van der Waals surface area (Å²) in [5.74, 6) is -0.382. The van der Waals surface area contributed by atoms with Gasteiger partial charge in [0.1, 0.15) is 5.02 Å². The van der Waals surface area contributed by atoms with Gasteiger partial charge >= 0.3 is 17.6 Å². The number of oxime groups is 1. The summed E-state index contributed by atoms with van der Waals surface area (Å²) in [6.45, 7) is 1.76. The number of halogens is 4. The maximum absolute atomic E-state index is 13.2. The molecule has 0 spiro atoms. The van der Waals surface area contributed by atoms with E-state index in [0.717, 1.165) is 17.5 Å². The molecule has 0 radical (unpaired) electrons. The lowest BCUT2D eigenvalue weighted by Crippen LogP contribution is -2.29. The van der Waals surface area contributed by atoms with E-state index in [2.05, 4.69) is 5.16 Å². The minimum absolute atomic E-state index is 0.102. The first-order chi connectivity index (χ1) is 13.4. The van der Waals surface area contributed by atoms with Crippen LogP contribution in [0.15, 0.2) is 35.5 Å². The summed E-state index contributed by atoms with van der Waals surface area (Å²) >= 11 is 5.62. The number of nitrogens with zero attached hydrogens (tertiary/aromatic N) is 4. The third-order valence-electron chi connectivity index (χ3n) is 3.93. The maximum atomic E-state index is 13.2. The second-order valence-electron chi connectivity index (χ2n) is 5.82. The molecule has 2 aromatic carbocycles. The molecular formula is C16H12ClF3N4O5. The molecule has 0 saturated heterocycles. The van der Waals surface area contributed by atoms with Gasteiger partial charge in [-0.15, -0.1) is 0 Å². The highest BCUT2D eigenvalue weighted by molar-refractivity contribution is 6.34. The number of nitro benzene ring substituents is 2. The molecule has 0 saturated carbocycles. The van der Waals surface area contributed by atoms with E-state index in [1.807, 2.05) is 0 Å². The molecule has 2 aromatic rings. The van der Waals surface area contributed by atoms with Gasteiger partial charge in [0.25, 0.3) is 0 Å². The number of aryl methyl sites for hydroxylation is 1. The molecule has 0 unspecified atom stereocenters. The Hall–Kier alpha value is -3.41. The Bertz CT molecular complexity index is 1010. The summed E-state index contributed by atoms with van der Waals surface area (Å²) in [4.78, 5) is 21.2. The van der Waals surface area contributed by atoms with Crippen molar-refractivity contribution < 1.29 is 28.2 Å². The van der Waals surface area contributed by atoms with Gasteiger partial charge in [0.15, 0.2) is 5.84 Å². The number of anilines is 1. The van der Waals surface area contributed by atoms with Crippen molar-refractivity contribution in [1.82, 2.24) is 0 Å². The molecule has 13 heteroatoms. The van der Waals surface area contributed by atoms with Gasteiger partial charge in [-0.2, -0.15) is 13.2 Å². The van der Waals surface area contributed by atoms with Crippen molar-refractivity contribution in [2.45, 2.75) is 13.1 Å². The van der Waals surface area contributed by atoms with Crippen LogP contribution >= 0.6 is 11.6 Å². The van der Waals surface area contributed by atoms with Crippen molar-refractivity contribution in [2.75, 3.05) is 11.9 Å². The largest absolute Gasteiger partial charge is 0.418 e. The Morgan fingerprint density at radius 1 is 1.17 bits per heavy atom. The zero-order valence-electron chi connectivity index (χ0n) is 14.8. The summed E-state index contributed by atoms with van der Waals surface area (Å²) in [5, 5.41) is 34.0. The van der Waals surface area contributed by atoms with E-state index in [4.69, 9.17) is 11.6 Å². The number of hydrogen-bond donors (Lipinski definition) is 1. The van der Waals surface area contributed by atoms with Crippen LogP contribution in [-0.4, -0.2) is 27.9 Å². The second-order valence-corrected chi connectivity index (χ2v) is 6.19. The first-order valence-corrected chi connectivity index (χ1v) is 8.03. The lowest BCUT2D eigenvalue weighted by molar-refractivity contribution is -0.392. The SMILES string of the molecule is Cc1ccc(C(=NO)N(C)c2c([N+](=O)[O-])cc(C(F)(F)F)c(Cl)c2[N+](=O)[O-])cc1. The van der Waals surface area contributed by atoms with E-state index in [-0.39, 0.29) is 17.5 Å². The van der Waals surface area contributed by atoms with Crippen LogP contribution in [0.25, 0.3) is 0 Å². The summed E-state index contributed by atoms with van der Waals surface area (Å²) in [6.07, 6.45) is -5.17. The third-order valence-corrected chi connectivity index (χ3v) is 4.32. The minimum Gasteiger partial charge on any atom is -0.409 e. The average Bonchev–Trinajstić information content (AvgIpc) is 2.61. The van der Waals surface area contributed by atoms with Gasteiger partial charge < -0.3 is 10.1 Å². The fourth-order valence-electron chi connectivity index (χ4n) is 2.59. The highest BCUT2D eigenvalue weighted by Gasteiger charge is 2.43. The van der Waals surface area contributed by atoms with Crippen LogP contribution in [0.5, 0.6) is 0 Å². The van der Waals surface area contributed by atoms with Crippen LogP contribution in [0.2, 0.25) is 5.02 Å². The molecular weight excluding hydrogens is 421 g/mol. The fourth-order valence-corrected chi connectivity index (χ4v) is 2.91. The molecule has 29 heavy (non-hydrogen) atoms. The van der Waals surface area contributed by atoms with E-state index in [1.54, 1.807) is 19.1 Å². The van der Waals surface area contributed by atoms with Crippen LogP contribution in [0.4, 0.5) is 30.2 Å². The summed E-state index contributed by atoms with van der Waals surface area (Å²) in [5.41, 5.74) is -4.16. The van der Waals surface area contributed by atoms with Crippen LogP contribution in [0.3, 0.4) is 0 Å². The Labute approximate surface area is 165 Å². The molecule has 0 aliphatic rings. The quantitative estimate of drug-likeness (QED) is 0.244. The molecule has 154 valence electrons. The van der Waals surface area contributed by atoms with Crippen molar-refractivity contribution in [2.24, 2.45) is 5.16 Å². The molecule has 0 aliphatic carbocycles. The van der Waals surface area contributed by atoms with E-state index >= 15 is 0 Å². The Balaban J connectivity index is 2.85. The number of rotatable bonds is 4. The molecule has 2 rings (SSSR count). The predicted octanol–water partition coefficient (Wildman–Crippen LogP) is 4.76. The van der Waals surface area contributed by atoms with Crippen molar-refractivity contribution in [3.63, 3.8) is 0 Å². The van der Waals surface area contributed by atoms with Gasteiger partial charge in [0.2, 0.25) is 5.69 Å². The highest BCUT2D eigenvalue weighted by atomic mass is 35.5. The van der Waals surface area contributed by atoms with Crippen molar-refractivity contribution in [3.05, 3.63) is 72.3 Å². The van der Waals surface area contributed by atoms with Gasteiger partial charge in [0, 0.05) is 18.7 Å². The lowest BCUT2D eigenvalue weighted by atomic mass is 10.1. The number of nitro groups is 2.